The van der Waals surface area contributed by atoms with Gasteiger partial charge in [-0.15, -0.1) is 12.4 Å². The van der Waals surface area contributed by atoms with Crippen molar-refractivity contribution >= 4 is 29.1 Å². The molecule has 0 aliphatic heterocycles. The third kappa shape index (κ3) is 3.23. The second kappa shape index (κ2) is 7.82. The molecule has 0 radical (unpaired) electrons. The molecule has 0 atom stereocenters. The lowest BCUT2D eigenvalue weighted by Crippen LogP contribution is -2.09. The number of hydrogen-bond acceptors (Lipinski definition) is 6. The third-order valence-corrected chi connectivity index (χ3v) is 3.16. The van der Waals surface area contributed by atoms with Gasteiger partial charge < -0.3 is 19.9 Å². The number of pyridine rings is 1. The largest absolute Gasteiger partial charge is 0.493 e. The molecular weight excluding hydrogens is 308 g/mol. The number of hydrogen-bond donors (Lipinski definition) is 1. The molecule has 0 saturated carbocycles. The number of methoxy groups -OCH3 is 2. The van der Waals surface area contributed by atoms with Crippen LogP contribution in [0.4, 0.5) is 0 Å². The predicted octanol–water partition coefficient (Wildman–Crippen LogP) is 2.31. The van der Waals surface area contributed by atoms with Crippen molar-refractivity contribution in [2.45, 2.75) is 13.5 Å². The molecule has 120 valence electrons. The van der Waals surface area contributed by atoms with E-state index in [-0.39, 0.29) is 19.0 Å². The normalized spacial score (nSPS) is 10.0. The van der Waals surface area contributed by atoms with Gasteiger partial charge in [-0.3, -0.25) is 4.98 Å². The molecule has 0 aliphatic carbocycles. The monoisotopic (exact) mass is 326 g/mol. The van der Waals surface area contributed by atoms with Crippen LogP contribution in [0.1, 0.15) is 23.0 Å². The van der Waals surface area contributed by atoms with Gasteiger partial charge in [-0.1, -0.05) is 0 Å². The third-order valence-electron chi connectivity index (χ3n) is 3.16. The van der Waals surface area contributed by atoms with Crippen LogP contribution in [0.15, 0.2) is 18.3 Å². The summed E-state index contributed by atoms with van der Waals surface area (Å²) in [6, 6.07) is 3.51. The molecule has 6 nitrogen and oxygen atoms in total. The van der Waals surface area contributed by atoms with Crippen LogP contribution in [-0.4, -0.2) is 31.8 Å². The Labute approximate surface area is 135 Å². The minimum Gasteiger partial charge on any atom is -0.493 e. The maximum absolute atomic E-state index is 12.0. The fourth-order valence-electron chi connectivity index (χ4n) is 2.16. The lowest BCUT2D eigenvalue weighted by Gasteiger charge is -2.13. The van der Waals surface area contributed by atoms with Gasteiger partial charge in [0.2, 0.25) is 0 Å². The number of fused-ring (bicyclic) bond motifs is 1. The second-order valence-corrected chi connectivity index (χ2v) is 4.30. The number of nitrogens with zero attached hydrogens (tertiary/aromatic N) is 1. The Morgan fingerprint density at radius 1 is 1.18 bits per heavy atom. The number of halogens is 1. The van der Waals surface area contributed by atoms with Crippen LogP contribution in [0.2, 0.25) is 0 Å². The van der Waals surface area contributed by atoms with Gasteiger partial charge in [0.15, 0.2) is 11.5 Å². The summed E-state index contributed by atoms with van der Waals surface area (Å²) in [5.41, 5.74) is 6.77. The first-order chi connectivity index (χ1) is 10.2. The fraction of sp³-hybridized carbons (Fsp3) is 0.333. The van der Waals surface area contributed by atoms with Crippen molar-refractivity contribution in [3.63, 3.8) is 0 Å². The molecule has 22 heavy (non-hydrogen) atoms. The maximum Gasteiger partial charge on any atom is 0.340 e. The van der Waals surface area contributed by atoms with E-state index in [1.54, 1.807) is 33.3 Å². The highest BCUT2D eigenvalue weighted by molar-refractivity contribution is 6.05. The van der Waals surface area contributed by atoms with E-state index in [4.69, 9.17) is 19.9 Å². The Kier molecular flexibility index (Phi) is 6.39. The molecule has 7 heteroatoms. The first kappa shape index (κ1) is 18.0. The van der Waals surface area contributed by atoms with Crippen molar-refractivity contribution < 1.29 is 19.0 Å². The van der Waals surface area contributed by atoms with Crippen molar-refractivity contribution in [2.75, 3.05) is 20.8 Å². The van der Waals surface area contributed by atoms with Gasteiger partial charge >= 0.3 is 5.97 Å². The first-order valence-electron chi connectivity index (χ1n) is 6.57. The van der Waals surface area contributed by atoms with E-state index >= 15 is 0 Å². The van der Waals surface area contributed by atoms with Crippen molar-refractivity contribution in [3.8, 4) is 11.5 Å². The molecule has 0 aliphatic rings. The highest BCUT2D eigenvalue weighted by Gasteiger charge is 2.17. The lowest BCUT2D eigenvalue weighted by molar-refractivity contribution is 0.0528. The SMILES string of the molecule is CCOC(=O)c1cnc(CN)c2cc(OC)c(OC)cc12.Cl. The summed E-state index contributed by atoms with van der Waals surface area (Å²) in [7, 11) is 3.09. The van der Waals surface area contributed by atoms with E-state index in [1.165, 1.54) is 6.20 Å². The van der Waals surface area contributed by atoms with Gasteiger partial charge in [0.05, 0.1) is 32.1 Å². The molecule has 0 unspecified atom stereocenters. The standard InChI is InChI=1S/C15H18N2O4.ClH/c1-4-21-15(18)11-8-17-12(7-16)10-6-14(20-3)13(19-2)5-9(10)11;/h5-6,8H,4,7,16H2,1-3H3;1H. The zero-order valence-corrected chi connectivity index (χ0v) is 13.5. The number of carbonyl (C=O) groups is 1. The van der Waals surface area contributed by atoms with Crippen molar-refractivity contribution in [1.82, 2.24) is 4.98 Å². The Morgan fingerprint density at radius 2 is 1.77 bits per heavy atom. The summed E-state index contributed by atoms with van der Waals surface area (Å²) in [5, 5.41) is 1.43. The highest BCUT2D eigenvalue weighted by Crippen LogP contribution is 2.34. The number of rotatable bonds is 5. The van der Waals surface area contributed by atoms with Crippen LogP contribution in [-0.2, 0) is 11.3 Å². The molecule has 0 saturated heterocycles. The highest BCUT2D eigenvalue weighted by atomic mass is 35.5. The van der Waals surface area contributed by atoms with Gasteiger partial charge in [-0.05, 0) is 19.1 Å². The summed E-state index contributed by atoms with van der Waals surface area (Å²) in [4.78, 5) is 16.3. The fourth-order valence-corrected chi connectivity index (χ4v) is 2.16. The zero-order valence-electron chi connectivity index (χ0n) is 12.7. The van der Waals surface area contributed by atoms with Crippen LogP contribution in [0.5, 0.6) is 11.5 Å². The van der Waals surface area contributed by atoms with Crippen LogP contribution in [0.3, 0.4) is 0 Å². The number of nitrogens with two attached hydrogens (primary N) is 1. The van der Waals surface area contributed by atoms with E-state index in [1.807, 2.05) is 0 Å². The van der Waals surface area contributed by atoms with Crippen LogP contribution >= 0.6 is 12.4 Å². The van der Waals surface area contributed by atoms with Crippen molar-refractivity contribution in [1.29, 1.82) is 0 Å². The average molecular weight is 327 g/mol. The zero-order chi connectivity index (χ0) is 15.4. The van der Waals surface area contributed by atoms with E-state index in [0.717, 1.165) is 5.39 Å². The summed E-state index contributed by atoms with van der Waals surface area (Å²) in [6.07, 6.45) is 1.48. The van der Waals surface area contributed by atoms with E-state index < -0.39 is 5.97 Å². The molecule has 0 amide bonds. The minimum absolute atomic E-state index is 0. The van der Waals surface area contributed by atoms with Gasteiger partial charge in [-0.25, -0.2) is 4.79 Å². The van der Waals surface area contributed by atoms with E-state index in [2.05, 4.69) is 4.98 Å². The van der Waals surface area contributed by atoms with E-state index in [9.17, 15) is 4.79 Å². The first-order valence-corrected chi connectivity index (χ1v) is 6.57. The molecule has 0 spiro atoms. The Morgan fingerprint density at radius 3 is 2.27 bits per heavy atom. The van der Waals surface area contributed by atoms with Gasteiger partial charge in [-0.2, -0.15) is 0 Å². The summed E-state index contributed by atoms with van der Waals surface area (Å²) in [5.74, 6) is 0.665. The lowest BCUT2D eigenvalue weighted by atomic mass is 10.0. The van der Waals surface area contributed by atoms with Gasteiger partial charge in [0, 0.05) is 23.5 Å². The summed E-state index contributed by atoms with van der Waals surface area (Å²) >= 11 is 0. The number of esters is 1. The maximum atomic E-state index is 12.0. The van der Waals surface area contributed by atoms with E-state index in [0.29, 0.717) is 34.7 Å². The number of aromatic nitrogens is 1. The second-order valence-electron chi connectivity index (χ2n) is 4.30. The molecule has 2 rings (SSSR count). The quantitative estimate of drug-likeness (QED) is 0.849. The Bertz CT molecular complexity index is 676. The molecule has 1 aromatic heterocycles. The van der Waals surface area contributed by atoms with Crippen molar-refractivity contribution in [3.05, 3.63) is 29.6 Å². The van der Waals surface area contributed by atoms with Gasteiger partial charge in [0.1, 0.15) is 0 Å². The van der Waals surface area contributed by atoms with Crippen LogP contribution < -0.4 is 15.2 Å². The van der Waals surface area contributed by atoms with Crippen LogP contribution in [0.25, 0.3) is 10.8 Å². The summed E-state index contributed by atoms with van der Waals surface area (Å²) in [6.45, 7) is 2.31. The average Bonchev–Trinajstić information content (AvgIpc) is 2.52. The molecule has 2 N–H and O–H groups in total. The molecule has 0 bridgehead atoms. The Balaban J connectivity index is 0.00000242. The molecule has 1 heterocycles. The van der Waals surface area contributed by atoms with Crippen LogP contribution in [0, 0.1) is 0 Å². The molecule has 0 fully saturated rings. The van der Waals surface area contributed by atoms with Crippen molar-refractivity contribution in [2.24, 2.45) is 5.73 Å². The summed E-state index contributed by atoms with van der Waals surface area (Å²) < 4.78 is 15.6. The molecule has 2 aromatic rings. The number of ether oxygens (including phenoxy) is 3. The molecular formula is C15H19ClN2O4. The minimum atomic E-state index is -0.425. The predicted molar refractivity (Wildman–Crippen MR) is 85.9 cm³/mol. The smallest absolute Gasteiger partial charge is 0.340 e. The van der Waals surface area contributed by atoms with Gasteiger partial charge in [0.25, 0.3) is 0 Å². The topological polar surface area (TPSA) is 83.7 Å². The number of benzene rings is 1. The number of carbonyl (C=O) groups excluding carboxylic acids is 1. The molecule has 1 aromatic carbocycles. The Hall–Kier alpha value is -2.05.